The minimum atomic E-state index is -0.303. The number of rotatable bonds is 4. The van der Waals surface area contributed by atoms with E-state index in [-0.39, 0.29) is 17.5 Å². The molecule has 1 fully saturated rings. The third kappa shape index (κ3) is 4.26. The molecule has 0 radical (unpaired) electrons. The molecule has 1 aromatic carbocycles. The van der Waals surface area contributed by atoms with E-state index in [4.69, 9.17) is 5.26 Å². The Kier molecular flexibility index (Phi) is 5.42. The summed E-state index contributed by atoms with van der Waals surface area (Å²) in [4.78, 5) is 16.3. The Morgan fingerprint density at radius 2 is 1.86 bits per heavy atom. The van der Waals surface area contributed by atoms with Crippen LogP contribution < -0.4 is 10.2 Å². The second kappa shape index (κ2) is 7.51. The highest BCUT2D eigenvalue weighted by Crippen LogP contribution is 2.16. The van der Waals surface area contributed by atoms with Gasteiger partial charge in [0.25, 0.3) is 5.91 Å². The van der Waals surface area contributed by atoms with Crippen molar-refractivity contribution in [3.05, 3.63) is 42.1 Å². The molecule has 0 atom stereocenters. The third-order valence-electron chi connectivity index (χ3n) is 3.53. The SMILES string of the molecule is CC(C)NC(=O)/C(C#N)=C\N1CCN(c2ccccc2)CC1. The molecule has 0 aromatic heterocycles. The number of carbonyl (C=O) groups excluding carboxylic acids is 1. The molecule has 1 aromatic rings. The first-order valence-corrected chi connectivity index (χ1v) is 7.57. The lowest BCUT2D eigenvalue weighted by atomic mass is 10.2. The zero-order valence-electron chi connectivity index (χ0n) is 13.1. The monoisotopic (exact) mass is 298 g/mol. The summed E-state index contributed by atoms with van der Waals surface area (Å²) < 4.78 is 0. The molecule has 1 heterocycles. The number of hydrogen-bond donors (Lipinski definition) is 1. The van der Waals surface area contributed by atoms with E-state index in [1.165, 1.54) is 5.69 Å². The van der Waals surface area contributed by atoms with Crippen molar-refractivity contribution in [2.24, 2.45) is 0 Å². The van der Waals surface area contributed by atoms with E-state index in [1.54, 1.807) is 6.20 Å². The van der Waals surface area contributed by atoms with Crippen molar-refractivity contribution in [3.63, 3.8) is 0 Å². The van der Waals surface area contributed by atoms with Crippen LogP contribution in [0.5, 0.6) is 0 Å². The first kappa shape index (κ1) is 15.9. The van der Waals surface area contributed by atoms with Gasteiger partial charge in [-0.15, -0.1) is 0 Å². The van der Waals surface area contributed by atoms with Gasteiger partial charge in [-0.05, 0) is 26.0 Å². The van der Waals surface area contributed by atoms with Gasteiger partial charge in [0, 0.05) is 44.1 Å². The maximum absolute atomic E-state index is 11.9. The average Bonchev–Trinajstić information content (AvgIpc) is 2.53. The molecule has 5 heteroatoms. The molecule has 0 bridgehead atoms. The van der Waals surface area contributed by atoms with Crippen LogP contribution in [0, 0.1) is 11.3 Å². The number of benzene rings is 1. The fourth-order valence-corrected chi connectivity index (χ4v) is 2.41. The zero-order chi connectivity index (χ0) is 15.9. The summed E-state index contributed by atoms with van der Waals surface area (Å²) in [6.07, 6.45) is 1.68. The third-order valence-corrected chi connectivity index (χ3v) is 3.53. The summed E-state index contributed by atoms with van der Waals surface area (Å²) in [6, 6.07) is 12.3. The predicted octanol–water partition coefficient (Wildman–Crippen LogP) is 1.74. The predicted molar refractivity (Wildman–Crippen MR) is 87.2 cm³/mol. The maximum atomic E-state index is 11.9. The van der Waals surface area contributed by atoms with Gasteiger partial charge >= 0.3 is 0 Å². The van der Waals surface area contributed by atoms with Gasteiger partial charge in [0.15, 0.2) is 0 Å². The zero-order valence-corrected chi connectivity index (χ0v) is 13.1. The summed E-state index contributed by atoms with van der Waals surface area (Å²) in [5.41, 5.74) is 1.38. The van der Waals surface area contributed by atoms with Crippen molar-refractivity contribution < 1.29 is 4.79 Å². The van der Waals surface area contributed by atoms with Crippen LogP contribution in [0.3, 0.4) is 0 Å². The van der Waals surface area contributed by atoms with Crippen LogP contribution in [0.2, 0.25) is 0 Å². The Balaban J connectivity index is 1.95. The molecule has 1 aliphatic heterocycles. The van der Waals surface area contributed by atoms with Gasteiger partial charge in [-0.1, -0.05) is 18.2 Å². The number of carbonyl (C=O) groups is 1. The van der Waals surface area contributed by atoms with Crippen LogP contribution in [0.25, 0.3) is 0 Å². The second-order valence-corrected chi connectivity index (χ2v) is 5.64. The highest BCUT2D eigenvalue weighted by Gasteiger charge is 2.17. The van der Waals surface area contributed by atoms with Gasteiger partial charge < -0.3 is 15.1 Å². The van der Waals surface area contributed by atoms with Crippen LogP contribution in [-0.4, -0.2) is 43.0 Å². The van der Waals surface area contributed by atoms with E-state index in [0.29, 0.717) is 0 Å². The number of hydrogen-bond acceptors (Lipinski definition) is 4. The number of piperazine rings is 1. The summed E-state index contributed by atoms with van der Waals surface area (Å²) in [5, 5.41) is 11.9. The molecule has 2 rings (SSSR count). The minimum Gasteiger partial charge on any atom is -0.373 e. The molecule has 0 unspecified atom stereocenters. The van der Waals surface area contributed by atoms with E-state index >= 15 is 0 Å². The Bertz CT molecular complexity index is 566. The van der Waals surface area contributed by atoms with Crippen molar-refractivity contribution >= 4 is 11.6 Å². The highest BCUT2D eigenvalue weighted by molar-refractivity contribution is 5.97. The molecule has 1 amide bonds. The number of anilines is 1. The molecule has 116 valence electrons. The van der Waals surface area contributed by atoms with Gasteiger partial charge in [-0.2, -0.15) is 5.26 Å². The fraction of sp³-hybridized carbons (Fsp3) is 0.412. The van der Waals surface area contributed by atoms with E-state index in [9.17, 15) is 4.79 Å². The van der Waals surface area contributed by atoms with Crippen molar-refractivity contribution in [1.82, 2.24) is 10.2 Å². The summed E-state index contributed by atoms with van der Waals surface area (Å²) >= 11 is 0. The smallest absolute Gasteiger partial charge is 0.263 e. The van der Waals surface area contributed by atoms with Crippen LogP contribution >= 0.6 is 0 Å². The van der Waals surface area contributed by atoms with Gasteiger partial charge in [0.2, 0.25) is 0 Å². The van der Waals surface area contributed by atoms with Gasteiger partial charge in [0.1, 0.15) is 11.6 Å². The number of nitrogens with zero attached hydrogens (tertiary/aromatic N) is 3. The van der Waals surface area contributed by atoms with Gasteiger partial charge in [-0.3, -0.25) is 4.79 Å². The molecule has 0 spiro atoms. The van der Waals surface area contributed by atoms with E-state index in [2.05, 4.69) is 22.3 Å². The summed E-state index contributed by atoms with van der Waals surface area (Å²) in [5.74, 6) is -0.303. The number of amides is 1. The maximum Gasteiger partial charge on any atom is 0.263 e. The molecule has 1 N–H and O–H groups in total. The van der Waals surface area contributed by atoms with Crippen molar-refractivity contribution in [2.45, 2.75) is 19.9 Å². The Hall–Kier alpha value is -2.48. The Labute approximate surface area is 131 Å². The van der Waals surface area contributed by atoms with Crippen LogP contribution in [0.1, 0.15) is 13.8 Å². The largest absolute Gasteiger partial charge is 0.373 e. The fourth-order valence-electron chi connectivity index (χ4n) is 2.41. The molecule has 22 heavy (non-hydrogen) atoms. The summed E-state index contributed by atoms with van der Waals surface area (Å²) in [6.45, 7) is 7.12. The van der Waals surface area contributed by atoms with E-state index < -0.39 is 0 Å². The first-order chi connectivity index (χ1) is 10.6. The molecule has 1 saturated heterocycles. The van der Waals surface area contributed by atoms with E-state index in [0.717, 1.165) is 26.2 Å². The molecular weight excluding hydrogens is 276 g/mol. The van der Waals surface area contributed by atoms with Gasteiger partial charge in [0.05, 0.1) is 0 Å². The highest BCUT2D eigenvalue weighted by atomic mass is 16.1. The second-order valence-electron chi connectivity index (χ2n) is 5.64. The van der Waals surface area contributed by atoms with E-state index in [1.807, 2.05) is 43.0 Å². The van der Waals surface area contributed by atoms with Crippen LogP contribution in [-0.2, 0) is 4.79 Å². The Morgan fingerprint density at radius 1 is 1.23 bits per heavy atom. The summed E-state index contributed by atoms with van der Waals surface area (Å²) in [7, 11) is 0. The van der Waals surface area contributed by atoms with Crippen LogP contribution in [0.4, 0.5) is 5.69 Å². The molecule has 0 saturated carbocycles. The quantitative estimate of drug-likeness (QED) is 0.679. The number of para-hydroxylation sites is 1. The van der Waals surface area contributed by atoms with Crippen LogP contribution in [0.15, 0.2) is 42.1 Å². The average molecular weight is 298 g/mol. The Morgan fingerprint density at radius 3 is 2.41 bits per heavy atom. The lowest BCUT2D eigenvalue weighted by molar-refractivity contribution is -0.117. The normalized spacial score (nSPS) is 15.6. The number of nitrogens with one attached hydrogen (secondary N) is 1. The van der Waals surface area contributed by atoms with Gasteiger partial charge in [-0.25, -0.2) is 0 Å². The van der Waals surface area contributed by atoms with Crippen molar-refractivity contribution in [2.75, 3.05) is 31.1 Å². The first-order valence-electron chi connectivity index (χ1n) is 7.57. The van der Waals surface area contributed by atoms with Crippen molar-refractivity contribution in [3.8, 4) is 6.07 Å². The molecule has 1 aliphatic rings. The lowest BCUT2D eigenvalue weighted by Crippen LogP contribution is -2.44. The number of nitriles is 1. The molecule has 5 nitrogen and oxygen atoms in total. The standard InChI is InChI=1S/C17H22N4O/c1-14(2)19-17(22)15(12-18)13-20-8-10-21(11-9-20)16-6-4-3-5-7-16/h3-7,13-14H,8-11H2,1-2H3,(H,19,22)/b15-13-. The molecular formula is C17H22N4O. The topological polar surface area (TPSA) is 59.4 Å². The van der Waals surface area contributed by atoms with Crippen molar-refractivity contribution in [1.29, 1.82) is 5.26 Å². The molecule has 0 aliphatic carbocycles. The minimum absolute atomic E-state index is 0.0270. The lowest BCUT2D eigenvalue weighted by Gasteiger charge is -2.35.